The van der Waals surface area contributed by atoms with Crippen LogP contribution in [0.4, 0.5) is 5.69 Å². The predicted molar refractivity (Wildman–Crippen MR) is 159 cm³/mol. The first-order valence-corrected chi connectivity index (χ1v) is 14.6. The predicted octanol–water partition coefficient (Wildman–Crippen LogP) is 7.07. The van der Waals surface area contributed by atoms with E-state index in [1.54, 1.807) is 15.9 Å². The van der Waals surface area contributed by atoms with E-state index in [2.05, 4.69) is 10.3 Å². The van der Waals surface area contributed by atoms with Gasteiger partial charge in [-0.3, -0.25) is 14.2 Å². The van der Waals surface area contributed by atoms with E-state index in [4.69, 9.17) is 4.98 Å². The molecule has 38 heavy (non-hydrogen) atoms. The molecule has 0 fully saturated rings. The lowest BCUT2D eigenvalue weighted by molar-refractivity contribution is -0.113. The highest BCUT2D eigenvalue weighted by Crippen LogP contribution is 2.37. The summed E-state index contributed by atoms with van der Waals surface area (Å²) in [7, 11) is 0. The minimum absolute atomic E-state index is 0.112. The monoisotopic (exact) mass is 554 g/mol. The number of nitrogens with one attached hydrogen (secondary N) is 1. The number of anilines is 1. The Balaban J connectivity index is 1.36. The van der Waals surface area contributed by atoms with Gasteiger partial charge in [-0.1, -0.05) is 60.3 Å². The minimum atomic E-state index is -0.170. The Morgan fingerprint density at radius 2 is 1.68 bits per heavy atom. The molecule has 0 unspecified atom stereocenters. The fraction of sp³-hybridized carbons (Fsp3) is 0.103. The maximum atomic E-state index is 14.0. The van der Waals surface area contributed by atoms with Gasteiger partial charge in [-0.25, -0.2) is 9.97 Å². The fourth-order valence-electron chi connectivity index (χ4n) is 4.44. The molecule has 3 aromatic heterocycles. The number of para-hydroxylation sites is 1. The molecule has 1 amide bonds. The van der Waals surface area contributed by atoms with E-state index in [-0.39, 0.29) is 17.2 Å². The number of thiophene rings is 1. The number of thioether (sulfide) groups is 1. The maximum absolute atomic E-state index is 14.0. The summed E-state index contributed by atoms with van der Waals surface area (Å²) in [5.41, 5.74) is 4.11. The minimum Gasteiger partial charge on any atom is -0.325 e. The average molecular weight is 555 g/mol. The second-order valence-corrected chi connectivity index (χ2v) is 12.1. The van der Waals surface area contributed by atoms with Gasteiger partial charge >= 0.3 is 0 Å². The van der Waals surface area contributed by atoms with E-state index in [9.17, 15) is 9.59 Å². The van der Waals surface area contributed by atoms with Crippen molar-refractivity contribution >= 4 is 66.5 Å². The number of thiazole rings is 1. The highest BCUT2D eigenvalue weighted by atomic mass is 32.2. The van der Waals surface area contributed by atoms with Gasteiger partial charge in [0.1, 0.15) is 4.83 Å². The van der Waals surface area contributed by atoms with Gasteiger partial charge in [-0.15, -0.1) is 22.7 Å². The van der Waals surface area contributed by atoms with Gasteiger partial charge in [0.25, 0.3) is 5.56 Å². The molecule has 6 rings (SSSR count). The third-order valence-electron chi connectivity index (χ3n) is 6.06. The first-order valence-electron chi connectivity index (χ1n) is 11.9. The van der Waals surface area contributed by atoms with Crippen LogP contribution in [0.3, 0.4) is 0 Å². The number of hydrogen-bond acceptors (Lipinski definition) is 7. The van der Waals surface area contributed by atoms with Crippen LogP contribution in [0.15, 0.2) is 88.8 Å². The van der Waals surface area contributed by atoms with E-state index in [0.717, 1.165) is 36.9 Å². The lowest BCUT2D eigenvalue weighted by Gasteiger charge is -2.13. The number of carbonyl (C=O) groups excluding carboxylic acids is 1. The lowest BCUT2D eigenvalue weighted by atomic mass is 10.0. The number of rotatable bonds is 6. The zero-order valence-electron chi connectivity index (χ0n) is 20.6. The second-order valence-electron chi connectivity index (χ2n) is 8.70. The number of amides is 1. The molecule has 6 aromatic rings. The highest BCUT2D eigenvalue weighted by Gasteiger charge is 2.21. The van der Waals surface area contributed by atoms with Gasteiger partial charge in [0.2, 0.25) is 5.91 Å². The van der Waals surface area contributed by atoms with Gasteiger partial charge in [0, 0.05) is 16.1 Å². The Labute approximate surface area is 231 Å². The number of benzene rings is 3. The van der Waals surface area contributed by atoms with Crippen molar-refractivity contribution in [2.45, 2.75) is 19.0 Å². The van der Waals surface area contributed by atoms with Crippen molar-refractivity contribution in [3.8, 4) is 16.8 Å². The van der Waals surface area contributed by atoms with Gasteiger partial charge in [-0.2, -0.15) is 0 Å². The molecule has 0 radical (unpaired) electrons. The average Bonchev–Trinajstić information content (AvgIpc) is 3.46. The number of aryl methyl sites for hydroxylation is 2. The van der Waals surface area contributed by atoms with E-state index in [1.807, 2.05) is 92.7 Å². The summed E-state index contributed by atoms with van der Waals surface area (Å²) in [6.45, 7) is 3.98. The van der Waals surface area contributed by atoms with Crippen LogP contribution in [0.5, 0.6) is 0 Å². The molecule has 0 saturated carbocycles. The molecule has 0 aliphatic carbocycles. The summed E-state index contributed by atoms with van der Waals surface area (Å²) in [6, 6.07) is 25.1. The van der Waals surface area contributed by atoms with Crippen molar-refractivity contribution in [2.75, 3.05) is 11.1 Å². The topological polar surface area (TPSA) is 76.9 Å². The van der Waals surface area contributed by atoms with Gasteiger partial charge < -0.3 is 5.32 Å². The van der Waals surface area contributed by atoms with Crippen LogP contribution in [-0.4, -0.2) is 26.2 Å². The second kappa shape index (κ2) is 10.2. The Morgan fingerprint density at radius 1 is 0.947 bits per heavy atom. The molecule has 0 bridgehead atoms. The molecule has 0 spiro atoms. The van der Waals surface area contributed by atoms with Crippen molar-refractivity contribution in [3.63, 3.8) is 0 Å². The molecular weight excluding hydrogens is 533 g/mol. The van der Waals surface area contributed by atoms with Crippen LogP contribution in [0.1, 0.15) is 9.88 Å². The summed E-state index contributed by atoms with van der Waals surface area (Å²) >= 11 is 4.35. The van der Waals surface area contributed by atoms with Crippen LogP contribution in [-0.2, 0) is 4.79 Å². The molecule has 6 nitrogen and oxygen atoms in total. The molecule has 0 aliphatic heterocycles. The van der Waals surface area contributed by atoms with Crippen LogP contribution in [0.25, 0.3) is 37.2 Å². The van der Waals surface area contributed by atoms with Crippen LogP contribution in [0, 0.1) is 13.8 Å². The van der Waals surface area contributed by atoms with Gasteiger partial charge in [0.05, 0.1) is 32.1 Å². The number of hydrogen-bond donors (Lipinski definition) is 1. The maximum Gasteiger partial charge on any atom is 0.268 e. The molecule has 3 aromatic carbocycles. The summed E-state index contributed by atoms with van der Waals surface area (Å²) in [4.78, 5) is 38.0. The summed E-state index contributed by atoms with van der Waals surface area (Å²) in [5, 5.41) is 5.04. The summed E-state index contributed by atoms with van der Waals surface area (Å²) in [5.74, 6) is -0.0580. The molecular formula is C29H22N4O2S3. The molecule has 3 heterocycles. The van der Waals surface area contributed by atoms with Gasteiger partial charge in [0.15, 0.2) is 5.16 Å². The number of fused-ring (bicyclic) bond motifs is 2. The lowest BCUT2D eigenvalue weighted by Crippen LogP contribution is -2.22. The smallest absolute Gasteiger partial charge is 0.268 e. The Bertz CT molecular complexity index is 1860. The first kappa shape index (κ1) is 24.5. The van der Waals surface area contributed by atoms with Crippen molar-refractivity contribution in [2.24, 2.45) is 0 Å². The van der Waals surface area contributed by atoms with Crippen molar-refractivity contribution < 1.29 is 4.79 Å². The Morgan fingerprint density at radius 3 is 2.45 bits per heavy atom. The third kappa shape index (κ3) is 4.64. The van der Waals surface area contributed by atoms with Crippen molar-refractivity contribution in [1.29, 1.82) is 0 Å². The molecule has 0 aliphatic rings. The van der Waals surface area contributed by atoms with Crippen LogP contribution in [0.2, 0.25) is 0 Å². The fourth-order valence-corrected chi connectivity index (χ4v) is 7.21. The normalized spacial score (nSPS) is 11.3. The number of aromatic nitrogens is 3. The standard InChI is InChI=1S/C29H22N4O2S3/c1-17-25(19-9-5-3-6-10-19)26-27(37-17)32-29(33(28(26)35)21-11-7-4-8-12-21)36-16-24(34)31-20-13-14-22-23(15-20)38-18(2)30-22/h3-15H,16H2,1-2H3,(H,31,34). The van der Waals surface area contributed by atoms with Crippen molar-refractivity contribution in [1.82, 2.24) is 14.5 Å². The van der Waals surface area contributed by atoms with Crippen molar-refractivity contribution in [3.05, 3.63) is 99.1 Å². The largest absolute Gasteiger partial charge is 0.325 e. The summed E-state index contributed by atoms with van der Waals surface area (Å²) in [6.07, 6.45) is 0. The van der Waals surface area contributed by atoms with E-state index in [1.165, 1.54) is 23.1 Å². The Hall–Kier alpha value is -3.79. The van der Waals surface area contributed by atoms with E-state index < -0.39 is 0 Å². The number of nitrogens with zero attached hydrogens (tertiary/aromatic N) is 3. The Kier molecular flexibility index (Phi) is 6.57. The molecule has 0 atom stereocenters. The van der Waals surface area contributed by atoms with Gasteiger partial charge in [-0.05, 0) is 49.7 Å². The molecule has 9 heteroatoms. The SMILES string of the molecule is Cc1nc2ccc(NC(=O)CSc3nc4sc(C)c(-c5ccccc5)c4c(=O)n3-c3ccccc3)cc2s1. The molecule has 188 valence electrons. The van der Waals surface area contributed by atoms with E-state index in [0.29, 0.717) is 21.1 Å². The first-order chi connectivity index (χ1) is 18.5. The van der Waals surface area contributed by atoms with Crippen LogP contribution < -0.4 is 10.9 Å². The third-order valence-corrected chi connectivity index (χ3v) is 8.93. The quantitative estimate of drug-likeness (QED) is 0.176. The highest BCUT2D eigenvalue weighted by molar-refractivity contribution is 7.99. The number of carbonyl (C=O) groups is 1. The zero-order valence-corrected chi connectivity index (χ0v) is 23.0. The molecule has 0 saturated heterocycles. The van der Waals surface area contributed by atoms with Crippen LogP contribution >= 0.6 is 34.4 Å². The zero-order chi connectivity index (χ0) is 26.2. The van der Waals surface area contributed by atoms with E-state index >= 15 is 0 Å². The molecule has 1 N–H and O–H groups in total. The summed E-state index contributed by atoms with van der Waals surface area (Å²) < 4.78 is 2.64.